The minimum atomic E-state index is 0.610. The SMILES string of the molecule is c1cc2nc(N3CC4CCC(C3)N4)ncn2n1. The first-order valence-electron chi connectivity index (χ1n) is 6.06. The highest BCUT2D eigenvalue weighted by atomic mass is 15.4. The number of nitrogens with zero attached hydrogens (tertiary/aromatic N) is 5. The molecule has 6 heteroatoms. The maximum Gasteiger partial charge on any atom is 0.228 e. The first-order chi connectivity index (χ1) is 8.38. The summed E-state index contributed by atoms with van der Waals surface area (Å²) < 4.78 is 1.69. The summed E-state index contributed by atoms with van der Waals surface area (Å²) in [5, 5.41) is 7.72. The van der Waals surface area contributed by atoms with Gasteiger partial charge >= 0.3 is 0 Å². The maximum absolute atomic E-state index is 4.54. The van der Waals surface area contributed by atoms with Gasteiger partial charge in [0.25, 0.3) is 0 Å². The van der Waals surface area contributed by atoms with E-state index in [2.05, 4.69) is 25.3 Å². The van der Waals surface area contributed by atoms with Gasteiger partial charge in [0.1, 0.15) is 6.33 Å². The van der Waals surface area contributed by atoms with Crippen molar-refractivity contribution in [2.24, 2.45) is 0 Å². The largest absolute Gasteiger partial charge is 0.338 e. The molecule has 2 aliphatic heterocycles. The van der Waals surface area contributed by atoms with E-state index >= 15 is 0 Å². The molecule has 2 saturated heterocycles. The number of nitrogens with one attached hydrogen (secondary N) is 1. The fourth-order valence-electron chi connectivity index (χ4n) is 2.84. The van der Waals surface area contributed by atoms with Crippen LogP contribution in [0.2, 0.25) is 0 Å². The molecule has 2 bridgehead atoms. The minimum absolute atomic E-state index is 0.610. The zero-order chi connectivity index (χ0) is 11.2. The standard InChI is InChI=1S/C11H14N6/c1-2-9-6-16(5-8(1)14-9)11-12-7-17-10(15-11)3-4-13-17/h3-4,7-9,14H,1-2,5-6H2. The van der Waals surface area contributed by atoms with E-state index in [4.69, 9.17) is 0 Å². The molecular formula is C11H14N6. The van der Waals surface area contributed by atoms with Crippen LogP contribution in [-0.4, -0.2) is 44.8 Å². The number of aromatic nitrogens is 4. The molecule has 4 heterocycles. The lowest BCUT2D eigenvalue weighted by molar-refractivity contribution is 0.460. The van der Waals surface area contributed by atoms with Crippen LogP contribution in [0.15, 0.2) is 18.6 Å². The molecule has 0 radical (unpaired) electrons. The van der Waals surface area contributed by atoms with Crippen molar-refractivity contribution in [1.82, 2.24) is 24.9 Å². The summed E-state index contributed by atoms with van der Waals surface area (Å²) >= 11 is 0. The molecule has 17 heavy (non-hydrogen) atoms. The van der Waals surface area contributed by atoms with Crippen LogP contribution in [0, 0.1) is 0 Å². The normalized spacial score (nSPS) is 27.9. The van der Waals surface area contributed by atoms with Gasteiger partial charge in [-0.05, 0) is 12.8 Å². The lowest BCUT2D eigenvalue weighted by atomic mass is 10.2. The average molecular weight is 230 g/mol. The molecule has 4 rings (SSSR count). The predicted molar refractivity (Wildman–Crippen MR) is 62.9 cm³/mol. The van der Waals surface area contributed by atoms with Crippen LogP contribution in [0.25, 0.3) is 5.65 Å². The number of fused-ring (bicyclic) bond motifs is 3. The smallest absolute Gasteiger partial charge is 0.228 e. The van der Waals surface area contributed by atoms with E-state index in [1.54, 1.807) is 17.0 Å². The fraction of sp³-hybridized carbons (Fsp3) is 0.545. The quantitative estimate of drug-likeness (QED) is 0.751. The van der Waals surface area contributed by atoms with Crippen LogP contribution < -0.4 is 10.2 Å². The van der Waals surface area contributed by atoms with Crippen molar-refractivity contribution in [2.75, 3.05) is 18.0 Å². The van der Waals surface area contributed by atoms with Crippen molar-refractivity contribution in [1.29, 1.82) is 0 Å². The molecule has 0 amide bonds. The second-order valence-corrected chi connectivity index (χ2v) is 4.83. The molecule has 0 aliphatic carbocycles. The third kappa shape index (κ3) is 1.48. The lowest BCUT2D eigenvalue weighted by Crippen LogP contribution is -2.51. The Morgan fingerprint density at radius 3 is 2.88 bits per heavy atom. The van der Waals surface area contributed by atoms with Crippen molar-refractivity contribution < 1.29 is 0 Å². The Balaban J connectivity index is 1.69. The van der Waals surface area contributed by atoms with Gasteiger partial charge in [-0.3, -0.25) is 0 Å². The Hall–Kier alpha value is -1.69. The second kappa shape index (κ2) is 3.40. The van der Waals surface area contributed by atoms with Crippen LogP contribution >= 0.6 is 0 Å². The van der Waals surface area contributed by atoms with Gasteiger partial charge in [-0.1, -0.05) is 0 Å². The lowest BCUT2D eigenvalue weighted by Gasteiger charge is -2.32. The summed E-state index contributed by atoms with van der Waals surface area (Å²) in [5.74, 6) is 0.830. The van der Waals surface area contributed by atoms with Crippen molar-refractivity contribution in [3.63, 3.8) is 0 Å². The Bertz CT molecular complexity index is 538. The van der Waals surface area contributed by atoms with Gasteiger partial charge in [-0.15, -0.1) is 0 Å². The summed E-state index contributed by atoms with van der Waals surface area (Å²) in [6, 6.07) is 3.12. The monoisotopic (exact) mass is 230 g/mol. The third-order valence-electron chi connectivity index (χ3n) is 3.65. The van der Waals surface area contributed by atoms with Gasteiger partial charge in [0, 0.05) is 31.2 Å². The van der Waals surface area contributed by atoms with Gasteiger partial charge in [-0.25, -0.2) is 9.50 Å². The summed E-state index contributed by atoms with van der Waals surface area (Å²) in [4.78, 5) is 11.2. The molecule has 2 atom stereocenters. The van der Waals surface area contributed by atoms with Crippen molar-refractivity contribution in [2.45, 2.75) is 24.9 Å². The molecule has 1 N–H and O–H groups in total. The number of piperazine rings is 1. The second-order valence-electron chi connectivity index (χ2n) is 4.83. The molecule has 0 spiro atoms. The van der Waals surface area contributed by atoms with Gasteiger partial charge in [0.2, 0.25) is 5.95 Å². The molecule has 0 aromatic carbocycles. The topological polar surface area (TPSA) is 58.4 Å². The number of rotatable bonds is 1. The minimum Gasteiger partial charge on any atom is -0.338 e. The number of hydrogen-bond donors (Lipinski definition) is 1. The molecule has 2 unspecified atom stereocenters. The summed E-state index contributed by atoms with van der Waals surface area (Å²) in [6.07, 6.45) is 6.03. The molecule has 2 aromatic rings. The molecular weight excluding hydrogens is 216 g/mol. The zero-order valence-electron chi connectivity index (χ0n) is 9.45. The predicted octanol–water partition coefficient (Wildman–Crippen LogP) is 0.0649. The maximum atomic E-state index is 4.54. The Labute approximate surface area is 98.7 Å². The van der Waals surface area contributed by atoms with Crippen LogP contribution in [0.3, 0.4) is 0 Å². The molecule has 2 fully saturated rings. The summed E-state index contributed by atoms with van der Waals surface area (Å²) in [7, 11) is 0. The first-order valence-corrected chi connectivity index (χ1v) is 6.06. The van der Waals surface area contributed by atoms with E-state index in [1.165, 1.54) is 12.8 Å². The van der Waals surface area contributed by atoms with E-state index in [9.17, 15) is 0 Å². The Morgan fingerprint density at radius 1 is 1.24 bits per heavy atom. The molecule has 0 saturated carbocycles. The van der Waals surface area contributed by atoms with Gasteiger partial charge in [0.05, 0.1) is 6.20 Å². The number of anilines is 1. The highest BCUT2D eigenvalue weighted by molar-refractivity contribution is 5.43. The molecule has 88 valence electrons. The fourth-order valence-corrected chi connectivity index (χ4v) is 2.84. The van der Waals surface area contributed by atoms with E-state index in [0.29, 0.717) is 12.1 Å². The van der Waals surface area contributed by atoms with Crippen molar-refractivity contribution in [3.05, 3.63) is 18.6 Å². The van der Waals surface area contributed by atoms with Crippen molar-refractivity contribution in [3.8, 4) is 0 Å². The highest BCUT2D eigenvalue weighted by Crippen LogP contribution is 2.22. The Morgan fingerprint density at radius 2 is 2.06 bits per heavy atom. The van der Waals surface area contributed by atoms with Crippen LogP contribution in [0.5, 0.6) is 0 Å². The molecule has 6 nitrogen and oxygen atoms in total. The average Bonchev–Trinajstić information content (AvgIpc) is 2.94. The highest BCUT2D eigenvalue weighted by Gasteiger charge is 2.33. The van der Waals surface area contributed by atoms with Crippen LogP contribution in [0.4, 0.5) is 5.95 Å². The van der Waals surface area contributed by atoms with Gasteiger partial charge in [-0.2, -0.15) is 10.1 Å². The molecule has 2 aromatic heterocycles. The molecule has 2 aliphatic rings. The summed E-state index contributed by atoms with van der Waals surface area (Å²) in [6.45, 7) is 2.03. The van der Waals surface area contributed by atoms with E-state index in [-0.39, 0.29) is 0 Å². The van der Waals surface area contributed by atoms with Crippen molar-refractivity contribution >= 4 is 11.6 Å². The summed E-state index contributed by atoms with van der Waals surface area (Å²) in [5.41, 5.74) is 0.862. The van der Waals surface area contributed by atoms with Crippen LogP contribution in [-0.2, 0) is 0 Å². The van der Waals surface area contributed by atoms with Crippen LogP contribution in [0.1, 0.15) is 12.8 Å². The third-order valence-corrected chi connectivity index (χ3v) is 3.65. The first kappa shape index (κ1) is 9.35. The van der Waals surface area contributed by atoms with E-state index in [1.807, 2.05) is 6.07 Å². The number of hydrogen-bond acceptors (Lipinski definition) is 5. The van der Waals surface area contributed by atoms with E-state index < -0.39 is 0 Å². The Kier molecular flexibility index (Phi) is 1.87. The van der Waals surface area contributed by atoms with Gasteiger partial charge in [0.15, 0.2) is 5.65 Å². The van der Waals surface area contributed by atoms with Gasteiger partial charge < -0.3 is 10.2 Å². The zero-order valence-corrected chi connectivity index (χ0v) is 9.45. The van der Waals surface area contributed by atoms with E-state index in [0.717, 1.165) is 24.7 Å².